The van der Waals surface area contributed by atoms with Crippen LogP contribution < -0.4 is 0 Å². The highest BCUT2D eigenvalue weighted by Crippen LogP contribution is 2.61. The van der Waals surface area contributed by atoms with Gasteiger partial charge in [0.15, 0.2) is 0 Å². The third-order valence-electron chi connectivity index (χ3n) is 8.19. The lowest BCUT2D eigenvalue weighted by Gasteiger charge is -2.55. The molecule has 0 heterocycles. The third-order valence-corrected chi connectivity index (χ3v) is 8.19. The fraction of sp³-hybridized carbons (Fsp3) is 0.950. The maximum Gasteiger partial charge on any atom is 0.146 e. The Morgan fingerprint density at radius 3 is 2.71 bits per heavy atom. The molecule has 4 fully saturated rings. The van der Waals surface area contributed by atoms with E-state index in [1.54, 1.807) is 7.11 Å². The first-order valence-corrected chi connectivity index (χ1v) is 9.99. The highest BCUT2D eigenvalue weighted by molar-refractivity contribution is 5.91. The number of ether oxygens (including phenoxy) is 2. The molecule has 4 rings (SSSR count). The Kier molecular flexibility index (Phi) is 4.63. The van der Waals surface area contributed by atoms with Crippen LogP contribution in [0.2, 0.25) is 0 Å². The van der Waals surface area contributed by atoms with Gasteiger partial charge in [0.25, 0.3) is 0 Å². The molecule has 0 saturated heterocycles. The Labute approximate surface area is 146 Å². The minimum atomic E-state index is 0.182. The number of methoxy groups -OCH3 is 1. The average molecular weight is 335 g/mol. The molecular weight excluding hydrogens is 302 g/mol. The van der Waals surface area contributed by atoms with E-state index in [1.807, 2.05) is 0 Å². The first kappa shape index (κ1) is 16.8. The second-order valence-corrected chi connectivity index (χ2v) is 8.99. The first-order chi connectivity index (χ1) is 11.7. The van der Waals surface area contributed by atoms with Crippen LogP contribution in [-0.4, -0.2) is 30.9 Å². The van der Waals surface area contributed by atoms with E-state index in [0.717, 1.165) is 41.7 Å². The minimum absolute atomic E-state index is 0.182. The van der Waals surface area contributed by atoms with Crippen molar-refractivity contribution < 1.29 is 14.7 Å². The van der Waals surface area contributed by atoms with Crippen LogP contribution in [0, 0.1) is 35.0 Å². The minimum Gasteiger partial charge on any atom is -0.411 e. The Balaban J connectivity index is 1.46. The SMILES string of the molecule is COCO[C@H]1CC[C@H]2[C@H](CC[C@@H]3[C@@H]2CC[C@]2(C)/C(=N/O)CC[C@@H]32)C1. The summed E-state index contributed by atoms with van der Waals surface area (Å²) in [6.07, 6.45) is 11.8. The van der Waals surface area contributed by atoms with Crippen LogP contribution in [-0.2, 0) is 9.47 Å². The van der Waals surface area contributed by atoms with E-state index >= 15 is 0 Å². The Morgan fingerprint density at radius 1 is 1.08 bits per heavy atom. The summed E-state index contributed by atoms with van der Waals surface area (Å²) in [7, 11) is 1.71. The normalized spacial score (nSPS) is 49.5. The van der Waals surface area contributed by atoms with Crippen molar-refractivity contribution in [3.63, 3.8) is 0 Å². The van der Waals surface area contributed by atoms with Gasteiger partial charge in [-0.15, -0.1) is 0 Å². The second kappa shape index (κ2) is 6.60. The van der Waals surface area contributed by atoms with Crippen molar-refractivity contribution in [2.24, 2.45) is 40.2 Å². The fourth-order valence-electron chi connectivity index (χ4n) is 7.08. The van der Waals surface area contributed by atoms with E-state index in [0.29, 0.717) is 12.9 Å². The highest BCUT2D eigenvalue weighted by atomic mass is 16.7. The summed E-state index contributed by atoms with van der Waals surface area (Å²) in [6, 6.07) is 0. The maximum atomic E-state index is 9.42. The lowest BCUT2D eigenvalue weighted by molar-refractivity contribution is -0.115. The zero-order valence-electron chi connectivity index (χ0n) is 15.2. The Hall–Kier alpha value is -0.610. The van der Waals surface area contributed by atoms with Gasteiger partial charge in [-0.25, -0.2) is 0 Å². The van der Waals surface area contributed by atoms with E-state index in [9.17, 15) is 5.21 Å². The summed E-state index contributed by atoms with van der Waals surface area (Å²) in [5, 5.41) is 13.1. The van der Waals surface area contributed by atoms with Crippen LogP contribution in [0.4, 0.5) is 0 Å². The Morgan fingerprint density at radius 2 is 1.92 bits per heavy atom. The van der Waals surface area contributed by atoms with Crippen molar-refractivity contribution in [2.75, 3.05) is 13.9 Å². The summed E-state index contributed by atoms with van der Waals surface area (Å²) in [6.45, 7) is 2.81. The molecule has 0 unspecified atom stereocenters. The van der Waals surface area contributed by atoms with Gasteiger partial charge in [-0.3, -0.25) is 0 Å². The van der Waals surface area contributed by atoms with Gasteiger partial charge in [0.05, 0.1) is 11.8 Å². The van der Waals surface area contributed by atoms with Gasteiger partial charge in [-0.05, 0) is 87.4 Å². The standard InChI is InChI=1S/C20H33NO3/c1-20-10-9-16-15-6-4-14(24-12-23-2)11-13(15)3-5-17(16)18(20)7-8-19(20)21-22/h13-18,22H,3-12H2,1-2H3/b21-19+/t13-,14+,15+,16-,17-,18+,20+/m1/s1. The molecule has 0 spiro atoms. The molecule has 1 N–H and O–H groups in total. The molecule has 0 aromatic heterocycles. The molecule has 0 amide bonds. The number of hydrogen-bond donors (Lipinski definition) is 1. The molecule has 0 radical (unpaired) electrons. The molecule has 4 heteroatoms. The number of rotatable bonds is 3. The number of hydrogen-bond acceptors (Lipinski definition) is 4. The van der Waals surface area contributed by atoms with Crippen LogP contribution in [0.15, 0.2) is 5.16 Å². The summed E-state index contributed by atoms with van der Waals surface area (Å²) in [4.78, 5) is 0. The second-order valence-electron chi connectivity index (χ2n) is 8.99. The molecule has 4 aliphatic rings. The van der Waals surface area contributed by atoms with E-state index < -0.39 is 0 Å². The smallest absolute Gasteiger partial charge is 0.146 e. The van der Waals surface area contributed by atoms with Crippen LogP contribution >= 0.6 is 0 Å². The van der Waals surface area contributed by atoms with E-state index in [1.165, 1.54) is 51.4 Å². The predicted molar refractivity (Wildman–Crippen MR) is 93.1 cm³/mol. The zero-order chi connectivity index (χ0) is 16.7. The van der Waals surface area contributed by atoms with Gasteiger partial charge < -0.3 is 14.7 Å². The molecule has 136 valence electrons. The lowest BCUT2D eigenvalue weighted by atomic mass is 9.50. The van der Waals surface area contributed by atoms with Crippen LogP contribution in [0.3, 0.4) is 0 Å². The van der Waals surface area contributed by atoms with Crippen LogP contribution in [0.5, 0.6) is 0 Å². The largest absolute Gasteiger partial charge is 0.411 e. The summed E-state index contributed by atoms with van der Waals surface area (Å²) in [5.41, 5.74) is 1.27. The zero-order valence-corrected chi connectivity index (χ0v) is 15.2. The lowest BCUT2D eigenvalue weighted by Crippen LogP contribution is -2.49. The Bertz CT molecular complexity index is 493. The van der Waals surface area contributed by atoms with E-state index in [-0.39, 0.29) is 5.41 Å². The first-order valence-electron chi connectivity index (χ1n) is 9.99. The molecule has 4 saturated carbocycles. The van der Waals surface area contributed by atoms with Crippen LogP contribution in [0.25, 0.3) is 0 Å². The van der Waals surface area contributed by atoms with Gasteiger partial charge in [-0.2, -0.15) is 0 Å². The van der Waals surface area contributed by atoms with Gasteiger partial charge in [-0.1, -0.05) is 12.1 Å². The quantitative estimate of drug-likeness (QED) is 0.471. The summed E-state index contributed by atoms with van der Waals surface area (Å²) >= 11 is 0. The molecule has 0 aromatic carbocycles. The van der Waals surface area contributed by atoms with Crippen molar-refractivity contribution in [2.45, 2.75) is 70.8 Å². The average Bonchev–Trinajstić information content (AvgIpc) is 2.95. The topological polar surface area (TPSA) is 51.0 Å². The molecule has 0 aromatic rings. The van der Waals surface area contributed by atoms with Crippen LogP contribution in [0.1, 0.15) is 64.7 Å². The van der Waals surface area contributed by atoms with Gasteiger partial charge in [0.2, 0.25) is 0 Å². The monoisotopic (exact) mass is 335 g/mol. The van der Waals surface area contributed by atoms with Crippen molar-refractivity contribution in [1.82, 2.24) is 0 Å². The molecule has 4 nitrogen and oxygen atoms in total. The maximum absolute atomic E-state index is 9.42. The molecule has 24 heavy (non-hydrogen) atoms. The summed E-state index contributed by atoms with van der Waals surface area (Å²) < 4.78 is 11.0. The number of oxime groups is 1. The van der Waals surface area contributed by atoms with Crippen molar-refractivity contribution in [3.05, 3.63) is 0 Å². The van der Waals surface area contributed by atoms with E-state index in [4.69, 9.17) is 9.47 Å². The molecule has 0 bridgehead atoms. The number of nitrogens with zero attached hydrogens (tertiary/aromatic N) is 1. The van der Waals surface area contributed by atoms with Gasteiger partial charge in [0, 0.05) is 12.5 Å². The molecular formula is C20H33NO3. The predicted octanol–water partition coefficient (Wildman–Crippen LogP) is 4.46. The van der Waals surface area contributed by atoms with Crippen molar-refractivity contribution in [3.8, 4) is 0 Å². The number of fused-ring (bicyclic) bond motifs is 5. The molecule has 0 aliphatic heterocycles. The van der Waals surface area contributed by atoms with Crippen molar-refractivity contribution in [1.29, 1.82) is 0 Å². The highest BCUT2D eigenvalue weighted by Gasteiger charge is 2.56. The van der Waals surface area contributed by atoms with Gasteiger partial charge in [0.1, 0.15) is 6.79 Å². The molecule has 7 atom stereocenters. The fourth-order valence-corrected chi connectivity index (χ4v) is 7.08. The summed E-state index contributed by atoms with van der Waals surface area (Å²) in [5.74, 6) is 4.29. The van der Waals surface area contributed by atoms with Crippen molar-refractivity contribution >= 4 is 5.71 Å². The van der Waals surface area contributed by atoms with Gasteiger partial charge >= 0.3 is 0 Å². The molecule has 4 aliphatic carbocycles. The third kappa shape index (κ3) is 2.61. The van der Waals surface area contributed by atoms with E-state index in [2.05, 4.69) is 12.1 Å².